The number of hydrogen-bond donors (Lipinski definition) is 1. The number of aryl methyl sites for hydroxylation is 1. The van der Waals surface area contributed by atoms with Crippen LogP contribution in [0.1, 0.15) is 21.6 Å². The van der Waals surface area contributed by atoms with Gasteiger partial charge < -0.3 is 24.8 Å². The van der Waals surface area contributed by atoms with E-state index in [0.717, 1.165) is 37.7 Å². The molecule has 2 aliphatic rings. The normalized spacial score (nSPS) is 18.9. The summed E-state index contributed by atoms with van der Waals surface area (Å²) in [4.78, 5) is 33.1. The molecule has 190 valence electrons. The number of nitrogens with zero attached hydrogens (tertiary/aromatic N) is 6. The summed E-state index contributed by atoms with van der Waals surface area (Å²) >= 11 is 1.32. The summed E-state index contributed by atoms with van der Waals surface area (Å²) in [5.74, 6) is -0.0500. The average molecular weight is 512 g/mol. The van der Waals surface area contributed by atoms with Crippen LogP contribution in [-0.2, 0) is 4.74 Å². The molecule has 0 spiro atoms. The lowest BCUT2D eigenvalue weighted by Crippen LogP contribution is -2.50. The molecule has 5 rings (SSSR count). The topological polar surface area (TPSA) is 86.7 Å². The monoisotopic (exact) mass is 511 g/mol. The smallest absolute Gasteiger partial charge is 0.267 e. The van der Waals surface area contributed by atoms with Gasteiger partial charge in [-0.15, -0.1) is 11.3 Å². The predicted octanol–water partition coefficient (Wildman–Crippen LogP) is 3.28. The van der Waals surface area contributed by atoms with Crippen molar-refractivity contribution in [2.45, 2.75) is 19.9 Å². The van der Waals surface area contributed by atoms with E-state index in [0.29, 0.717) is 52.6 Å². The van der Waals surface area contributed by atoms with Crippen LogP contribution in [0.4, 0.5) is 21.7 Å². The van der Waals surface area contributed by atoms with Gasteiger partial charge in [0.25, 0.3) is 5.91 Å². The molecule has 1 aromatic carbocycles. The summed E-state index contributed by atoms with van der Waals surface area (Å²) < 4.78 is 20.9. The maximum absolute atomic E-state index is 15.5. The molecule has 11 heteroatoms. The maximum atomic E-state index is 15.5. The molecular formula is C25H30FN7O2S. The highest BCUT2D eigenvalue weighted by atomic mass is 32.1. The van der Waals surface area contributed by atoms with Gasteiger partial charge in [0.15, 0.2) is 0 Å². The third-order valence-electron chi connectivity index (χ3n) is 6.72. The fourth-order valence-corrected chi connectivity index (χ4v) is 5.12. The number of amides is 1. The second kappa shape index (κ2) is 10.5. The van der Waals surface area contributed by atoms with E-state index < -0.39 is 0 Å². The first-order valence-corrected chi connectivity index (χ1v) is 12.9. The van der Waals surface area contributed by atoms with E-state index in [1.165, 1.54) is 17.4 Å². The fraction of sp³-hybridized carbons (Fsp3) is 0.440. The molecule has 2 aromatic heterocycles. The number of hydrogen-bond acceptors (Lipinski definition) is 9. The quantitative estimate of drug-likeness (QED) is 0.559. The van der Waals surface area contributed by atoms with E-state index >= 15 is 4.39 Å². The Morgan fingerprint density at radius 2 is 1.83 bits per heavy atom. The standard InChI is InChI=1S/C25H30FN7O2S/c1-16-15-33(5-4-31(16)3)22-11-20(26)19(10-21(22)30-24(34)23-14-27-17(2)36-23)18-12-28-25(29-13-18)32-6-8-35-9-7-32/h10-14,16H,4-9,15H2,1-3H3,(H,30,34). The number of carbonyl (C=O) groups excluding carboxylic acids is 1. The second-order valence-corrected chi connectivity index (χ2v) is 10.4. The molecule has 1 amide bonds. The molecule has 36 heavy (non-hydrogen) atoms. The van der Waals surface area contributed by atoms with E-state index in [-0.39, 0.29) is 11.7 Å². The van der Waals surface area contributed by atoms with Gasteiger partial charge in [-0.1, -0.05) is 0 Å². The predicted molar refractivity (Wildman–Crippen MR) is 140 cm³/mol. The van der Waals surface area contributed by atoms with E-state index in [2.05, 4.69) is 44.0 Å². The van der Waals surface area contributed by atoms with Crippen molar-refractivity contribution < 1.29 is 13.9 Å². The average Bonchev–Trinajstić information content (AvgIpc) is 3.33. The van der Waals surface area contributed by atoms with Gasteiger partial charge in [-0.2, -0.15) is 0 Å². The van der Waals surface area contributed by atoms with Crippen molar-refractivity contribution in [2.75, 3.05) is 68.1 Å². The maximum Gasteiger partial charge on any atom is 0.267 e. The number of anilines is 3. The van der Waals surface area contributed by atoms with Gasteiger partial charge in [0.1, 0.15) is 10.7 Å². The SMILES string of the molecule is Cc1ncc(C(=O)Nc2cc(-c3cnc(N4CCOCC4)nc3)c(F)cc2N2CCN(C)C(C)C2)s1. The lowest BCUT2D eigenvalue weighted by molar-refractivity contribution is 0.103. The lowest BCUT2D eigenvalue weighted by Gasteiger charge is -2.39. The third kappa shape index (κ3) is 5.18. The molecular weight excluding hydrogens is 481 g/mol. The molecule has 2 fully saturated rings. The Labute approximate surface area is 213 Å². The first-order valence-electron chi connectivity index (χ1n) is 12.1. The highest BCUT2D eigenvalue weighted by Gasteiger charge is 2.25. The third-order valence-corrected chi connectivity index (χ3v) is 7.63. The summed E-state index contributed by atoms with van der Waals surface area (Å²) in [5.41, 5.74) is 2.10. The Bertz CT molecular complexity index is 1230. The zero-order chi connectivity index (χ0) is 25.2. The molecule has 1 N–H and O–H groups in total. The van der Waals surface area contributed by atoms with Crippen LogP contribution in [-0.4, -0.2) is 84.8 Å². The summed E-state index contributed by atoms with van der Waals surface area (Å²) in [6, 6.07) is 3.50. The first-order chi connectivity index (χ1) is 17.4. The van der Waals surface area contributed by atoms with Crippen LogP contribution in [0.15, 0.2) is 30.7 Å². The summed E-state index contributed by atoms with van der Waals surface area (Å²) in [7, 11) is 2.08. The number of nitrogens with one attached hydrogen (secondary N) is 1. The second-order valence-electron chi connectivity index (χ2n) is 9.19. The number of benzene rings is 1. The van der Waals surface area contributed by atoms with Crippen LogP contribution >= 0.6 is 11.3 Å². The van der Waals surface area contributed by atoms with Gasteiger partial charge in [0.05, 0.1) is 35.8 Å². The van der Waals surface area contributed by atoms with Crippen molar-refractivity contribution in [3.63, 3.8) is 0 Å². The van der Waals surface area contributed by atoms with Crippen LogP contribution in [0.3, 0.4) is 0 Å². The van der Waals surface area contributed by atoms with Crippen molar-refractivity contribution in [2.24, 2.45) is 0 Å². The number of rotatable bonds is 5. The van der Waals surface area contributed by atoms with Gasteiger partial charge in [-0.25, -0.2) is 19.3 Å². The zero-order valence-electron chi connectivity index (χ0n) is 20.7. The summed E-state index contributed by atoms with van der Waals surface area (Å²) in [6.07, 6.45) is 4.83. The van der Waals surface area contributed by atoms with Gasteiger partial charge >= 0.3 is 0 Å². The number of morpholine rings is 1. The zero-order valence-corrected chi connectivity index (χ0v) is 21.5. The largest absolute Gasteiger partial charge is 0.378 e. The molecule has 2 aliphatic heterocycles. The molecule has 0 radical (unpaired) electrons. The number of halogens is 1. The molecule has 9 nitrogen and oxygen atoms in total. The van der Waals surface area contributed by atoms with Crippen molar-refractivity contribution in [3.8, 4) is 11.1 Å². The van der Waals surface area contributed by atoms with Gasteiger partial charge in [0.2, 0.25) is 5.95 Å². The van der Waals surface area contributed by atoms with Crippen molar-refractivity contribution >= 4 is 34.6 Å². The molecule has 0 saturated carbocycles. The molecule has 2 saturated heterocycles. The number of thiazole rings is 1. The molecule has 3 aromatic rings. The van der Waals surface area contributed by atoms with Gasteiger partial charge in [-0.05, 0) is 33.0 Å². The van der Waals surface area contributed by atoms with E-state index in [4.69, 9.17) is 4.74 Å². The number of carbonyl (C=O) groups is 1. The number of piperazine rings is 1. The molecule has 1 atom stereocenters. The van der Waals surface area contributed by atoms with Crippen LogP contribution in [0, 0.1) is 12.7 Å². The van der Waals surface area contributed by atoms with E-state index in [1.807, 2.05) is 11.8 Å². The van der Waals surface area contributed by atoms with Crippen LogP contribution in [0.25, 0.3) is 11.1 Å². The molecule has 0 bridgehead atoms. The van der Waals surface area contributed by atoms with Crippen molar-refractivity contribution in [1.82, 2.24) is 19.9 Å². The Morgan fingerprint density at radius 3 is 2.50 bits per heavy atom. The van der Waals surface area contributed by atoms with Gasteiger partial charge in [-0.3, -0.25) is 4.79 Å². The number of likely N-dealkylation sites (N-methyl/N-ethyl adjacent to an activating group) is 1. The van der Waals surface area contributed by atoms with Crippen LogP contribution in [0.2, 0.25) is 0 Å². The lowest BCUT2D eigenvalue weighted by atomic mass is 10.0. The molecule has 1 unspecified atom stereocenters. The minimum absolute atomic E-state index is 0.263. The van der Waals surface area contributed by atoms with Crippen LogP contribution in [0.5, 0.6) is 0 Å². The first kappa shape index (κ1) is 24.5. The number of aromatic nitrogens is 3. The summed E-state index contributed by atoms with van der Waals surface area (Å²) in [5, 5.41) is 3.82. The van der Waals surface area contributed by atoms with Gasteiger partial charge in [0, 0.05) is 62.3 Å². The van der Waals surface area contributed by atoms with E-state index in [1.54, 1.807) is 24.7 Å². The molecule has 4 heterocycles. The minimum atomic E-state index is -0.383. The Hall–Kier alpha value is -3.15. The Balaban J connectivity index is 1.48. The fourth-order valence-electron chi connectivity index (χ4n) is 4.45. The van der Waals surface area contributed by atoms with Crippen molar-refractivity contribution in [3.05, 3.63) is 46.4 Å². The number of ether oxygens (including phenoxy) is 1. The van der Waals surface area contributed by atoms with E-state index in [9.17, 15) is 4.79 Å². The molecule has 0 aliphatic carbocycles. The summed E-state index contributed by atoms with van der Waals surface area (Å²) in [6.45, 7) is 9.02. The van der Waals surface area contributed by atoms with Crippen molar-refractivity contribution in [1.29, 1.82) is 0 Å². The highest BCUT2D eigenvalue weighted by Crippen LogP contribution is 2.35. The highest BCUT2D eigenvalue weighted by molar-refractivity contribution is 7.13. The van der Waals surface area contributed by atoms with Crippen LogP contribution < -0.4 is 15.1 Å². The Morgan fingerprint density at radius 1 is 1.08 bits per heavy atom. The Kier molecular flexibility index (Phi) is 7.13. The minimum Gasteiger partial charge on any atom is -0.378 e.